The Morgan fingerprint density at radius 1 is 1.70 bits per heavy atom. The third kappa shape index (κ3) is 1.41. The van der Waals surface area contributed by atoms with Gasteiger partial charge in [0.1, 0.15) is 5.69 Å². The van der Waals surface area contributed by atoms with Crippen LogP contribution in [-0.2, 0) is 0 Å². The van der Waals surface area contributed by atoms with Crippen molar-refractivity contribution in [3.05, 3.63) is 24.0 Å². The van der Waals surface area contributed by atoms with Gasteiger partial charge < -0.3 is 5.21 Å². The second-order valence-electron chi connectivity index (χ2n) is 1.50. The maximum absolute atomic E-state index is 8.18. The molecule has 1 heterocycles. The SMILES string of the molecule is O/N=C(/Cl)c1cccnn1. The second kappa shape index (κ2) is 3.12. The van der Waals surface area contributed by atoms with Crippen LogP contribution in [0.5, 0.6) is 0 Å². The summed E-state index contributed by atoms with van der Waals surface area (Å²) in [6.45, 7) is 0. The molecule has 0 saturated heterocycles. The average Bonchev–Trinajstić information content (AvgIpc) is 2.05. The third-order valence-electron chi connectivity index (χ3n) is 0.871. The highest BCUT2D eigenvalue weighted by molar-refractivity contribution is 6.69. The number of nitrogens with zero attached hydrogens (tertiary/aromatic N) is 3. The van der Waals surface area contributed by atoms with E-state index in [2.05, 4.69) is 15.4 Å². The molecular formula is C5H4ClN3O. The molecule has 0 amide bonds. The van der Waals surface area contributed by atoms with Crippen LogP contribution in [0.15, 0.2) is 23.5 Å². The lowest BCUT2D eigenvalue weighted by Crippen LogP contribution is -1.95. The molecule has 1 N–H and O–H groups in total. The van der Waals surface area contributed by atoms with Crippen molar-refractivity contribution in [3.63, 3.8) is 0 Å². The van der Waals surface area contributed by atoms with Crippen LogP contribution in [-0.4, -0.2) is 20.6 Å². The van der Waals surface area contributed by atoms with Crippen molar-refractivity contribution in [2.24, 2.45) is 5.16 Å². The molecule has 5 heteroatoms. The monoisotopic (exact) mass is 157 g/mol. The zero-order valence-corrected chi connectivity index (χ0v) is 5.65. The molecule has 0 atom stereocenters. The Morgan fingerprint density at radius 3 is 3.00 bits per heavy atom. The summed E-state index contributed by atoms with van der Waals surface area (Å²) in [5.74, 6) is 0. The maximum atomic E-state index is 8.18. The van der Waals surface area contributed by atoms with Crippen LogP contribution < -0.4 is 0 Å². The van der Waals surface area contributed by atoms with Crippen molar-refractivity contribution >= 4 is 16.8 Å². The van der Waals surface area contributed by atoms with Gasteiger partial charge in [-0.25, -0.2) is 0 Å². The highest BCUT2D eigenvalue weighted by Gasteiger charge is 1.98. The van der Waals surface area contributed by atoms with Crippen molar-refractivity contribution in [1.29, 1.82) is 0 Å². The van der Waals surface area contributed by atoms with E-state index in [0.29, 0.717) is 5.69 Å². The first-order valence-corrected chi connectivity index (χ1v) is 2.88. The summed E-state index contributed by atoms with van der Waals surface area (Å²) < 4.78 is 0. The molecule has 10 heavy (non-hydrogen) atoms. The molecule has 0 unspecified atom stereocenters. The molecule has 0 saturated carbocycles. The predicted octanol–water partition coefficient (Wildman–Crippen LogP) is 0.851. The molecular weight excluding hydrogens is 154 g/mol. The Morgan fingerprint density at radius 2 is 2.50 bits per heavy atom. The molecule has 0 aliphatic heterocycles. The van der Waals surface area contributed by atoms with Crippen LogP contribution >= 0.6 is 11.6 Å². The summed E-state index contributed by atoms with van der Waals surface area (Å²) in [5, 5.41) is 18.0. The molecule has 4 nitrogen and oxygen atoms in total. The normalized spacial score (nSPS) is 11.5. The standard InChI is InChI=1S/C5H4ClN3O/c6-5(9-10)4-2-1-3-7-8-4/h1-3,10H/b9-5+. The Labute approximate surface area is 62.2 Å². The smallest absolute Gasteiger partial charge is 0.195 e. The number of hydrogen-bond donors (Lipinski definition) is 1. The van der Waals surface area contributed by atoms with Gasteiger partial charge in [0.25, 0.3) is 0 Å². The summed E-state index contributed by atoms with van der Waals surface area (Å²) in [6, 6.07) is 3.24. The number of rotatable bonds is 1. The van der Waals surface area contributed by atoms with Gasteiger partial charge in [-0.2, -0.15) is 5.10 Å². The van der Waals surface area contributed by atoms with Crippen molar-refractivity contribution in [2.75, 3.05) is 0 Å². The third-order valence-corrected chi connectivity index (χ3v) is 1.14. The minimum Gasteiger partial charge on any atom is -0.410 e. The van der Waals surface area contributed by atoms with Crippen LogP contribution in [0.25, 0.3) is 0 Å². The molecule has 0 radical (unpaired) electrons. The predicted molar refractivity (Wildman–Crippen MR) is 36.2 cm³/mol. The average molecular weight is 158 g/mol. The van der Waals surface area contributed by atoms with E-state index in [1.165, 1.54) is 6.20 Å². The van der Waals surface area contributed by atoms with Gasteiger partial charge in [-0.15, -0.1) is 5.10 Å². The van der Waals surface area contributed by atoms with Gasteiger partial charge >= 0.3 is 0 Å². The van der Waals surface area contributed by atoms with E-state index in [0.717, 1.165) is 0 Å². The molecule has 1 aromatic heterocycles. The lowest BCUT2D eigenvalue weighted by molar-refractivity contribution is 0.320. The maximum Gasteiger partial charge on any atom is 0.195 e. The lowest BCUT2D eigenvalue weighted by Gasteiger charge is -1.89. The Balaban J connectivity index is 2.96. The van der Waals surface area contributed by atoms with Gasteiger partial charge in [0.15, 0.2) is 5.17 Å². The van der Waals surface area contributed by atoms with E-state index >= 15 is 0 Å². The van der Waals surface area contributed by atoms with Crippen molar-refractivity contribution in [3.8, 4) is 0 Å². The Kier molecular flexibility index (Phi) is 2.17. The summed E-state index contributed by atoms with van der Waals surface area (Å²) in [7, 11) is 0. The van der Waals surface area contributed by atoms with Gasteiger partial charge in [0, 0.05) is 6.20 Å². The molecule has 0 fully saturated rings. The molecule has 0 aliphatic carbocycles. The van der Waals surface area contributed by atoms with E-state index < -0.39 is 0 Å². The number of halogens is 1. The number of aromatic nitrogens is 2. The zero-order chi connectivity index (χ0) is 7.40. The molecule has 0 aromatic carbocycles. The number of hydrogen-bond acceptors (Lipinski definition) is 4. The van der Waals surface area contributed by atoms with Crippen LogP contribution in [0.1, 0.15) is 5.69 Å². The Hall–Kier alpha value is -1.16. The fourth-order valence-corrected chi connectivity index (χ4v) is 0.564. The first kappa shape index (κ1) is 6.95. The van der Waals surface area contributed by atoms with E-state index in [1.54, 1.807) is 12.1 Å². The molecule has 1 aromatic rings. The fraction of sp³-hybridized carbons (Fsp3) is 0. The highest BCUT2D eigenvalue weighted by atomic mass is 35.5. The van der Waals surface area contributed by atoms with Gasteiger partial charge in [-0.1, -0.05) is 16.8 Å². The number of oxime groups is 1. The van der Waals surface area contributed by atoms with Crippen molar-refractivity contribution < 1.29 is 5.21 Å². The van der Waals surface area contributed by atoms with Gasteiger partial charge in [0.2, 0.25) is 0 Å². The van der Waals surface area contributed by atoms with Crippen LogP contribution in [0, 0.1) is 0 Å². The summed E-state index contributed by atoms with van der Waals surface area (Å²) in [4.78, 5) is 0. The van der Waals surface area contributed by atoms with Gasteiger partial charge in [-0.05, 0) is 12.1 Å². The van der Waals surface area contributed by atoms with Crippen LogP contribution in [0.2, 0.25) is 0 Å². The van der Waals surface area contributed by atoms with Gasteiger partial charge in [-0.3, -0.25) is 0 Å². The largest absolute Gasteiger partial charge is 0.410 e. The molecule has 1 rings (SSSR count). The first-order valence-electron chi connectivity index (χ1n) is 2.50. The topological polar surface area (TPSA) is 58.4 Å². The summed E-state index contributed by atoms with van der Waals surface area (Å²) >= 11 is 5.39. The second-order valence-corrected chi connectivity index (χ2v) is 1.86. The molecule has 52 valence electrons. The lowest BCUT2D eigenvalue weighted by atomic mass is 10.4. The minimum atomic E-state index is -0.0619. The van der Waals surface area contributed by atoms with E-state index in [1.807, 2.05) is 0 Å². The fourth-order valence-electron chi connectivity index (χ4n) is 0.463. The van der Waals surface area contributed by atoms with Crippen LogP contribution in [0.3, 0.4) is 0 Å². The Bertz CT molecular complexity index is 236. The zero-order valence-electron chi connectivity index (χ0n) is 4.90. The van der Waals surface area contributed by atoms with E-state index in [4.69, 9.17) is 16.8 Å². The van der Waals surface area contributed by atoms with E-state index in [9.17, 15) is 0 Å². The van der Waals surface area contributed by atoms with Crippen LogP contribution in [0.4, 0.5) is 0 Å². The van der Waals surface area contributed by atoms with E-state index in [-0.39, 0.29) is 5.17 Å². The minimum absolute atomic E-state index is 0.0619. The van der Waals surface area contributed by atoms with Gasteiger partial charge in [0.05, 0.1) is 0 Å². The van der Waals surface area contributed by atoms with Crippen molar-refractivity contribution in [2.45, 2.75) is 0 Å². The summed E-state index contributed by atoms with van der Waals surface area (Å²) in [6.07, 6.45) is 1.51. The highest BCUT2D eigenvalue weighted by Crippen LogP contribution is 1.97. The van der Waals surface area contributed by atoms with Crippen molar-refractivity contribution in [1.82, 2.24) is 10.2 Å². The molecule has 0 aliphatic rings. The first-order chi connectivity index (χ1) is 4.84. The molecule has 0 bridgehead atoms. The summed E-state index contributed by atoms with van der Waals surface area (Å²) in [5.41, 5.74) is 0.353. The molecule has 0 spiro atoms. The quantitative estimate of drug-likeness (QED) is 0.374.